The van der Waals surface area contributed by atoms with Gasteiger partial charge in [-0.1, -0.05) is 208 Å². The van der Waals surface area contributed by atoms with Crippen LogP contribution in [0.3, 0.4) is 0 Å². The van der Waals surface area contributed by atoms with Gasteiger partial charge < -0.3 is 14.2 Å². The van der Waals surface area contributed by atoms with Crippen LogP contribution in [0.15, 0.2) is 97.2 Å². The van der Waals surface area contributed by atoms with Crippen molar-refractivity contribution in [1.82, 2.24) is 0 Å². The van der Waals surface area contributed by atoms with Gasteiger partial charge in [0.2, 0.25) is 0 Å². The predicted octanol–water partition coefficient (Wildman–Crippen LogP) is 15.4. The standard InChI is InChI=1S/C53H86O6/c1-4-7-10-13-16-19-21-23-25-26-28-29-31-34-37-40-43-46-52(55)58-49-50(48-57-51(54)45-42-39-36-33-18-15-12-9-6-3)59-53(56)47-44-41-38-35-32-30-27-24-22-20-17-14-11-8-5-2/h7,9-10,12,16,18-19,23,25,28-29,33-34,37,39,42,50H,4-6,8,11,13-15,17,20-22,24,26-27,30-32,35-36,38,40-41,43-49H2,1-3H3/b10-7-,12-9-,19-16-,25-23-,29-28-,33-18-,37-34-,42-39-. The first-order valence-electron chi connectivity index (χ1n) is 23.7. The molecule has 0 rings (SSSR count). The minimum absolute atomic E-state index is 0.124. The van der Waals surface area contributed by atoms with E-state index in [0.29, 0.717) is 12.8 Å². The van der Waals surface area contributed by atoms with Crippen LogP contribution in [0, 0.1) is 0 Å². The van der Waals surface area contributed by atoms with Crippen LogP contribution in [-0.2, 0) is 28.6 Å². The van der Waals surface area contributed by atoms with E-state index in [1.165, 1.54) is 77.0 Å². The first kappa shape index (κ1) is 55.3. The third kappa shape index (κ3) is 45.3. The second-order valence-corrected chi connectivity index (χ2v) is 15.3. The Morgan fingerprint density at radius 2 is 0.729 bits per heavy atom. The molecule has 0 aliphatic rings. The Hall–Kier alpha value is -3.67. The molecular formula is C53H86O6. The molecule has 1 unspecified atom stereocenters. The van der Waals surface area contributed by atoms with Crippen molar-refractivity contribution in [2.75, 3.05) is 13.2 Å². The number of hydrogen-bond donors (Lipinski definition) is 0. The molecule has 0 aromatic carbocycles. The molecule has 0 aromatic heterocycles. The number of carbonyl (C=O) groups is 3. The topological polar surface area (TPSA) is 78.9 Å². The van der Waals surface area contributed by atoms with Crippen molar-refractivity contribution in [3.05, 3.63) is 97.2 Å². The molecule has 0 fully saturated rings. The van der Waals surface area contributed by atoms with Gasteiger partial charge in [0.05, 0.1) is 6.42 Å². The zero-order chi connectivity index (χ0) is 43.0. The molecule has 0 N–H and O–H groups in total. The van der Waals surface area contributed by atoms with E-state index in [0.717, 1.165) is 77.0 Å². The molecule has 0 aliphatic heterocycles. The van der Waals surface area contributed by atoms with Crippen LogP contribution in [0.2, 0.25) is 0 Å². The third-order valence-electron chi connectivity index (χ3n) is 9.62. The SMILES string of the molecule is CC/C=C\C/C=C\C/C=C\C/C=C\C/C=C\CCCC(=O)OCC(COC(=O)C/C=C\C/C=C\C/C=C\CC)OC(=O)CCCCCCCCCCCCCCCCC. The van der Waals surface area contributed by atoms with Crippen molar-refractivity contribution in [3.63, 3.8) is 0 Å². The van der Waals surface area contributed by atoms with Gasteiger partial charge in [0.15, 0.2) is 6.10 Å². The molecule has 0 saturated carbocycles. The minimum Gasteiger partial charge on any atom is -0.462 e. The fraction of sp³-hybridized carbons (Fsp3) is 0.642. The predicted molar refractivity (Wildman–Crippen MR) is 251 cm³/mol. The zero-order valence-electron chi connectivity index (χ0n) is 38.0. The second-order valence-electron chi connectivity index (χ2n) is 15.3. The summed E-state index contributed by atoms with van der Waals surface area (Å²) in [5, 5.41) is 0. The van der Waals surface area contributed by atoms with Crippen molar-refractivity contribution in [1.29, 1.82) is 0 Å². The Kier molecular flexibility index (Phi) is 44.1. The fourth-order valence-electron chi connectivity index (χ4n) is 6.13. The summed E-state index contributed by atoms with van der Waals surface area (Å²) < 4.78 is 16.6. The smallest absolute Gasteiger partial charge is 0.309 e. The summed E-state index contributed by atoms with van der Waals surface area (Å²) in [5.41, 5.74) is 0. The lowest BCUT2D eigenvalue weighted by Gasteiger charge is -2.18. The number of carbonyl (C=O) groups excluding carboxylic acids is 3. The molecule has 0 amide bonds. The molecule has 0 aliphatic carbocycles. The Bertz CT molecular complexity index is 1220. The number of unbranched alkanes of at least 4 members (excludes halogenated alkanes) is 15. The van der Waals surface area contributed by atoms with Gasteiger partial charge in [0.25, 0.3) is 0 Å². The van der Waals surface area contributed by atoms with E-state index in [4.69, 9.17) is 14.2 Å². The summed E-state index contributed by atoms with van der Waals surface area (Å²) in [7, 11) is 0. The van der Waals surface area contributed by atoms with Gasteiger partial charge in [-0.25, -0.2) is 0 Å². The fourth-order valence-corrected chi connectivity index (χ4v) is 6.13. The maximum atomic E-state index is 12.7. The van der Waals surface area contributed by atoms with E-state index in [9.17, 15) is 14.4 Å². The van der Waals surface area contributed by atoms with Crippen LogP contribution in [-0.4, -0.2) is 37.2 Å². The van der Waals surface area contributed by atoms with Gasteiger partial charge >= 0.3 is 17.9 Å². The lowest BCUT2D eigenvalue weighted by molar-refractivity contribution is -0.166. The molecule has 1 atom stereocenters. The molecular weight excluding hydrogens is 733 g/mol. The van der Waals surface area contributed by atoms with Crippen LogP contribution in [0.1, 0.15) is 201 Å². The molecule has 6 nitrogen and oxygen atoms in total. The number of esters is 3. The lowest BCUT2D eigenvalue weighted by atomic mass is 10.0. The highest BCUT2D eigenvalue weighted by Gasteiger charge is 2.19. The summed E-state index contributed by atoms with van der Waals surface area (Å²) in [6, 6.07) is 0. The molecule has 6 heteroatoms. The van der Waals surface area contributed by atoms with Gasteiger partial charge in [-0.05, 0) is 70.6 Å². The van der Waals surface area contributed by atoms with Crippen molar-refractivity contribution in [2.45, 2.75) is 207 Å². The third-order valence-corrected chi connectivity index (χ3v) is 9.62. The minimum atomic E-state index is -0.833. The highest BCUT2D eigenvalue weighted by Crippen LogP contribution is 2.14. The molecule has 0 radical (unpaired) electrons. The highest BCUT2D eigenvalue weighted by atomic mass is 16.6. The van der Waals surface area contributed by atoms with E-state index in [1.807, 2.05) is 6.08 Å². The summed E-state index contributed by atoms with van der Waals surface area (Å²) in [6.45, 7) is 6.24. The van der Waals surface area contributed by atoms with Crippen LogP contribution in [0.5, 0.6) is 0 Å². The maximum Gasteiger partial charge on any atom is 0.309 e. The van der Waals surface area contributed by atoms with Crippen LogP contribution in [0.25, 0.3) is 0 Å². The van der Waals surface area contributed by atoms with Crippen molar-refractivity contribution < 1.29 is 28.6 Å². The van der Waals surface area contributed by atoms with E-state index < -0.39 is 12.1 Å². The van der Waals surface area contributed by atoms with E-state index in [-0.39, 0.29) is 38.0 Å². The Morgan fingerprint density at radius 1 is 0.373 bits per heavy atom. The molecule has 0 saturated heterocycles. The van der Waals surface area contributed by atoms with Crippen LogP contribution in [0.4, 0.5) is 0 Å². The van der Waals surface area contributed by atoms with Crippen LogP contribution < -0.4 is 0 Å². The van der Waals surface area contributed by atoms with Crippen molar-refractivity contribution in [3.8, 4) is 0 Å². The van der Waals surface area contributed by atoms with Crippen molar-refractivity contribution in [2.24, 2.45) is 0 Å². The van der Waals surface area contributed by atoms with Crippen LogP contribution >= 0.6 is 0 Å². The summed E-state index contributed by atoms with van der Waals surface area (Å²) in [4.78, 5) is 37.7. The quantitative estimate of drug-likeness (QED) is 0.0265. The summed E-state index contributed by atoms with van der Waals surface area (Å²) in [5.74, 6) is -1.12. The second kappa shape index (κ2) is 47.0. The maximum absolute atomic E-state index is 12.7. The molecule has 59 heavy (non-hydrogen) atoms. The number of ether oxygens (including phenoxy) is 3. The van der Waals surface area contributed by atoms with Gasteiger partial charge in [0, 0.05) is 12.8 Å². The monoisotopic (exact) mass is 819 g/mol. The molecule has 334 valence electrons. The average Bonchev–Trinajstić information content (AvgIpc) is 3.23. The van der Waals surface area contributed by atoms with Gasteiger partial charge in [0.1, 0.15) is 13.2 Å². The molecule has 0 heterocycles. The first-order chi connectivity index (χ1) is 29.0. The van der Waals surface area contributed by atoms with E-state index >= 15 is 0 Å². The van der Waals surface area contributed by atoms with E-state index in [1.54, 1.807) is 6.08 Å². The molecule has 0 spiro atoms. The number of allylic oxidation sites excluding steroid dienone is 15. The van der Waals surface area contributed by atoms with Gasteiger partial charge in [-0.2, -0.15) is 0 Å². The van der Waals surface area contributed by atoms with E-state index in [2.05, 4.69) is 106 Å². The largest absolute Gasteiger partial charge is 0.462 e. The zero-order valence-corrected chi connectivity index (χ0v) is 38.0. The first-order valence-corrected chi connectivity index (χ1v) is 23.7. The Morgan fingerprint density at radius 3 is 1.17 bits per heavy atom. The number of hydrogen-bond acceptors (Lipinski definition) is 6. The average molecular weight is 819 g/mol. The normalized spacial score (nSPS) is 12.9. The van der Waals surface area contributed by atoms with Crippen molar-refractivity contribution >= 4 is 17.9 Å². The summed E-state index contributed by atoms with van der Waals surface area (Å²) >= 11 is 0. The Balaban J connectivity index is 4.49. The highest BCUT2D eigenvalue weighted by molar-refractivity contribution is 5.72. The number of rotatable bonds is 41. The molecule has 0 aromatic rings. The van der Waals surface area contributed by atoms with Gasteiger partial charge in [-0.15, -0.1) is 0 Å². The molecule has 0 bridgehead atoms. The summed E-state index contributed by atoms with van der Waals surface area (Å²) in [6.07, 6.45) is 61.5. The Labute approximate surface area is 362 Å². The lowest BCUT2D eigenvalue weighted by Crippen LogP contribution is -2.30. The van der Waals surface area contributed by atoms with Gasteiger partial charge in [-0.3, -0.25) is 14.4 Å².